The average Bonchev–Trinajstić information content (AvgIpc) is 2.51. The fraction of sp³-hybridized carbons (Fsp3) is 0.471. The van der Waals surface area contributed by atoms with Crippen LogP contribution < -0.4 is 11.3 Å². The lowest BCUT2D eigenvalue weighted by Gasteiger charge is -2.27. The van der Waals surface area contributed by atoms with Crippen LogP contribution >= 0.6 is 0 Å². The minimum atomic E-state index is 0.194. The van der Waals surface area contributed by atoms with E-state index in [0.29, 0.717) is 5.92 Å². The minimum Gasteiger partial charge on any atom is -0.271 e. The lowest BCUT2D eigenvalue weighted by atomic mass is 9.86. The largest absolute Gasteiger partial charge is 0.271 e. The Morgan fingerprint density at radius 2 is 2.05 bits per heavy atom. The number of hydrogen-bond acceptors (Lipinski definition) is 3. The van der Waals surface area contributed by atoms with Crippen molar-refractivity contribution in [2.75, 3.05) is 0 Å². The Morgan fingerprint density at radius 3 is 2.75 bits per heavy atom. The van der Waals surface area contributed by atoms with Gasteiger partial charge in [-0.3, -0.25) is 16.3 Å². The number of aromatic nitrogens is 1. The molecule has 0 fully saturated rings. The number of benzene rings is 1. The number of nitrogens with two attached hydrogens (primary N) is 1. The quantitative estimate of drug-likeness (QED) is 0.592. The smallest absolute Gasteiger partial charge is 0.0705 e. The van der Waals surface area contributed by atoms with Gasteiger partial charge in [-0.15, -0.1) is 0 Å². The van der Waals surface area contributed by atoms with Crippen LogP contribution in [0.3, 0.4) is 0 Å². The number of nitrogens with zero attached hydrogens (tertiary/aromatic N) is 1. The van der Waals surface area contributed by atoms with Crippen molar-refractivity contribution < 1.29 is 0 Å². The molecule has 0 bridgehead atoms. The molecule has 0 radical (unpaired) electrons. The van der Waals surface area contributed by atoms with Gasteiger partial charge in [0.1, 0.15) is 0 Å². The van der Waals surface area contributed by atoms with E-state index < -0.39 is 0 Å². The van der Waals surface area contributed by atoms with E-state index in [4.69, 9.17) is 5.84 Å². The summed E-state index contributed by atoms with van der Waals surface area (Å²) in [5.74, 6) is 6.43. The third kappa shape index (κ3) is 3.17. The fourth-order valence-corrected chi connectivity index (χ4v) is 2.95. The zero-order valence-electron chi connectivity index (χ0n) is 12.5. The molecule has 2 aromatic rings. The SMILES string of the molecule is CCCCC(CC)C(NN)c1cccc2ncccc12. The van der Waals surface area contributed by atoms with Crippen LogP contribution in [0.1, 0.15) is 51.1 Å². The van der Waals surface area contributed by atoms with Crippen LogP contribution in [0.15, 0.2) is 36.5 Å². The zero-order chi connectivity index (χ0) is 14.4. The maximum Gasteiger partial charge on any atom is 0.0705 e. The van der Waals surface area contributed by atoms with Gasteiger partial charge in [-0.1, -0.05) is 51.3 Å². The number of unbranched alkanes of at least 4 members (excludes halogenated alkanes) is 1. The van der Waals surface area contributed by atoms with Gasteiger partial charge in [0.05, 0.1) is 5.52 Å². The first kappa shape index (κ1) is 14.9. The van der Waals surface area contributed by atoms with E-state index in [1.54, 1.807) is 0 Å². The Labute approximate surface area is 121 Å². The van der Waals surface area contributed by atoms with Crippen LogP contribution in [-0.2, 0) is 0 Å². The fourth-order valence-electron chi connectivity index (χ4n) is 2.95. The first-order valence-electron chi connectivity index (χ1n) is 7.61. The molecule has 1 aromatic heterocycles. The Bertz CT molecular complexity index is 533. The van der Waals surface area contributed by atoms with Crippen molar-refractivity contribution in [1.29, 1.82) is 0 Å². The summed E-state index contributed by atoms with van der Waals surface area (Å²) in [6.45, 7) is 4.48. The third-order valence-corrected chi connectivity index (χ3v) is 4.12. The van der Waals surface area contributed by atoms with Gasteiger partial charge >= 0.3 is 0 Å². The van der Waals surface area contributed by atoms with Gasteiger partial charge in [0.15, 0.2) is 0 Å². The number of pyridine rings is 1. The molecule has 0 saturated carbocycles. The average molecular weight is 271 g/mol. The van der Waals surface area contributed by atoms with Crippen molar-refractivity contribution in [3.05, 3.63) is 42.1 Å². The second kappa shape index (κ2) is 7.36. The standard InChI is InChI=1S/C17H25N3/c1-3-5-8-13(4-2)17(20-18)15-9-6-11-16-14(15)10-7-12-19-16/h6-7,9-13,17,20H,3-5,8,18H2,1-2H3. The summed E-state index contributed by atoms with van der Waals surface area (Å²) in [5.41, 5.74) is 5.35. The highest BCUT2D eigenvalue weighted by Gasteiger charge is 2.21. The molecule has 3 N–H and O–H groups in total. The number of hydrogen-bond donors (Lipinski definition) is 2. The Kier molecular flexibility index (Phi) is 5.50. The van der Waals surface area contributed by atoms with Crippen molar-refractivity contribution in [2.24, 2.45) is 11.8 Å². The van der Waals surface area contributed by atoms with Crippen molar-refractivity contribution in [3.63, 3.8) is 0 Å². The van der Waals surface area contributed by atoms with Crippen LogP contribution in [-0.4, -0.2) is 4.98 Å². The molecule has 3 heteroatoms. The summed E-state index contributed by atoms with van der Waals surface area (Å²) in [6, 6.07) is 10.6. The summed E-state index contributed by atoms with van der Waals surface area (Å²) in [4.78, 5) is 4.44. The Balaban J connectivity index is 2.37. The molecule has 0 aliphatic carbocycles. The topological polar surface area (TPSA) is 50.9 Å². The molecule has 0 amide bonds. The molecule has 108 valence electrons. The predicted octanol–water partition coefficient (Wildman–Crippen LogP) is 3.96. The molecule has 20 heavy (non-hydrogen) atoms. The van der Waals surface area contributed by atoms with Crippen molar-refractivity contribution in [3.8, 4) is 0 Å². The molecule has 2 atom stereocenters. The van der Waals surface area contributed by atoms with Crippen LogP contribution in [0.5, 0.6) is 0 Å². The summed E-state index contributed by atoms with van der Waals surface area (Å²) in [5, 5.41) is 1.20. The summed E-state index contributed by atoms with van der Waals surface area (Å²) < 4.78 is 0. The van der Waals surface area contributed by atoms with Crippen molar-refractivity contribution >= 4 is 10.9 Å². The van der Waals surface area contributed by atoms with Gasteiger partial charge in [-0.25, -0.2) is 0 Å². The molecule has 0 saturated heterocycles. The van der Waals surface area contributed by atoms with E-state index in [-0.39, 0.29) is 6.04 Å². The number of rotatable bonds is 7. The Hall–Kier alpha value is -1.45. The van der Waals surface area contributed by atoms with E-state index in [1.807, 2.05) is 12.3 Å². The van der Waals surface area contributed by atoms with Gasteiger partial charge in [0.2, 0.25) is 0 Å². The van der Waals surface area contributed by atoms with Crippen molar-refractivity contribution in [2.45, 2.75) is 45.6 Å². The lowest BCUT2D eigenvalue weighted by molar-refractivity contribution is 0.328. The second-order valence-electron chi connectivity index (χ2n) is 5.37. The maximum absolute atomic E-state index is 5.87. The first-order valence-corrected chi connectivity index (χ1v) is 7.61. The summed E-state index contributed by atoms with van der Waals surface area (Å²) in [7, 11) is 0. The molecule has 0 aliphatic rings. The first-order chi connectivity index (χ1) is 9.81. The number of nitrogens with one attached hydrogen (secondary N) is 1. The summed E-state index contributed by atoms with van der Waals surface area (Å²) in [6.07, 6.45) is 6.65. The lowest BCUT2D eigenvalue weighted by Crippen LogP contribution is -2.33. The molecule has 2 unspecified atom stereocenters. The number of fused-ring (bicyclic) bond motifs is 1. The summed E-state index contributed by atoms with van der Waals surface area (Å²) >= 11 is 0. The van der Waals surface area contributed by atoms with Gasteiger partial charge in [0.25, 0.3) is 0 Å². The Morgan fingerprint density at radius 1 is 1.20 bits per heavy atom. The number of hydrazine groups is 1. The molecule has 1 aromatic carbocycles. The molecule has 3 nitrogen and oxygen atoms in total. The van der Waals surface area contributed by atoms with Gasteiger partial charge in [-0.2, -0.15) is 0 Å². The molecule has 0 spiro atoms. The molecule has 2 rings (SSSR count). The second-order valence-corrected chi connectivity index (χ2v) is 5.37. The minimum absolute atomic E-state index is 0.194. The van der Waals surface area contributed by atoms with Gasteiger partial charge in [0, 0.05) is 17.6 Å². The van der Waals surface area contributed by atoms with Gasteiger partial charge < -0.3 is 0 Å². The molecular formula is C17H25N3. The predicted molar refractivity (Wildman–Crippen MR) is 85.1 cm³/mol. The van der Waals surface area contributed by atoms with Gasteiger partial charge in [-0.05, 0) is 30.0 Å². The van der Waals surface area contributed by atoms with E-state index in [2.05, 4.69) is 48.5 Å². The van der Waals surface area contributed by atoms with Crippen molar-refractivity contribution in [1.82, 2.24) is 10.4 Å². The van der Waals surface area contributed by atoms with Crippen LogP contribution in [0.4, 0.5) is 0 Å². The third-order valence-electron chi connectivity index (χ3n) is 4.12. The van der Waals surface area contributed by atoms with E-state index in [9.17, 15) is 0 Å². The van der Waals surface area contributed by atoms with E-state index in [1.165, 1.54) is 30.2 Å². The van der Waals surface area contributed by atoms with E-state index >= 15 is 0 Å². The monoisotopic (exact) mass is 271 g/mol. The molecule has 0 aliphatic heterocycles. The highest BCUT2D eigenvalue weighted by atomic mass is 15.2. The van der Waals surface area contributed by atoms with E-state index in [0.717, 1.165) is 11.9 Å². The van der Waals surface area contributed by atoms with Crippen LogP contribution in [0.25, 0.3) is 10.9 Å². The highest BCUT2D eigenvalue weighted by molar-refractivity contribution is 5.82. The molecular weight excluding hydrogens is 246 g/mol. The van der Waals surface area contributed by atoms with Crippen LogP contribution in [0.2, 0.25) is 0 Å². The maximum atomic E-state index is 5.87. The normalized spacial score (nSPS) is 14.3. The zero-order valence-corrected chi connectivity index (χ0v) is 12.5. The molecule has 1 heterocycles. The van der Waals surface area contributed by atoms with Crippen LogP contribution in [0, 0.1) is 5.92 Å². The highest BCUT2D eigenvalue weighted by Crippen LogP contribution is 2.32.